The molecule has 5 rings (SSSR count). The molecule has 1 N–H and O–H groups in total. The molecule has 1 saturated heterocycles. The lowest BCUT2D eigenvalue weighted by Gasteiger charge is -2.36. The van der Waals surface area contributed by atoms with Gasteiger partial charge < -0.3 is 10.2 Å². The molecule has 2 aliphatic heterocycles. The SMILES string of the molecule is C[C@H]1CNCCN1c1nc(=O)n2c3c(cc(C(F)(F)F)cc13)[SH](c1ccc(F)cc1F)C[C@@H](N(C)CC(F)(F)F)C2. The van der Waals surface area contributed by atoms with Crippen LogP contribution in [0.5, 0.6) is 0 Å². The lowest BCUT2D eigenvalue weighted by Crippen LogP contribution is -2.51. The first-order valence-electron chi connectivity index (χ1n) is 12.8. The summed E-state index contributed by atoms with van der Waals surface area (Å²) in [5, 5.41) is 3.16. The highest BCUT2D eigenvalue weighted by molar-refractivity contribution is 8.17. The molecule has 0 saturated carbocycles. The fourth-order valence-corrected chi connectivity index (χ4v) is 8.33. The highest BCUT2D eigenvalue weighted by Gasteiger charge is 2.39. The number of likely N-dealkylation sites (N-methyl/N-ethyl adjacent to an activating group) is 1. The van der Waals surface area contributed by atoms with E-state index in [4.69, 9.17) is 0 Å². The van der Waals surface area contributed by atoms with Crippen LogP contribution in [0.4, 0.5) is 40.9 Å². The summed E-state index contributed by atoms with van der Waals surface area (Å²) in [4.78, 5) is 20.2. The largest absolute Gasteiger partial charge is 0.416 e. The zero-order valence-corrected chi connectivity index (χ0v) is 22.8. The average Bonchev–Trinajstić information content (AvgIpc) is 3.03. The van der Waals surface area contributed by atoms with Gasteiger partial charge in [-0.1, -0.05) is 0 Å². The molecule has 224 valence electrons. The fraction of sp³-hybridized carbons (Fsp3) is 0.462. The fourth-order valence-electron chi connectivity index (χ4n) is 5.49. The van der Waals surface area contributed by atoms with Crippen LogP contribution < -0.4 is 15.9 Å². The third-order valence-electron chi connectivity index (χ3n) is 7.46. The molecule has 41 heavy (non-hydrogen) atoms. The molecule has 0 radical (unpaired) electrons. The van der Waals surface area contributed by atoms with Crippen molar-refractivity contribution in [3.8, 4) is 0 Å². The number of nitrogens with zero attached hydrogens (tertiary/aromatic N) is 4. The van der Waals surface area contributed by atoms with Crippen LogP contribution in [0.15, 0.2) is 44.9 Å². The van der Waals surface area contributed by atoms with Gasteiger partial charge in [0.15, 0.2) is 0 Å². The second-order valence-electron chi connectivity index (χ2n) is 10.4. The van der Waals surface area contributed by atoms with Gasteiger partial charge in [-0.3, -0.25) is 9.47 Å². The third kappa shape index (κ3) is 5.89. The van der Waals surface area contributed by atoms with Crippen molar-refractivity contribution in [2.24, 2.45) is 0 Å². The summed E-state index contributed by atoms with van der Waals surface area (Å²) in [5.74, 6) is -2.12. The van der Waals surface area contributed by atoms with E-state index in [1.165, 1.54) is 7.05 Å². The van der Waals surface area contributed by atoms with E-state index in [-0.39, 0.29) is 44.9 Å². The van der Waals surface area contributed by atoms with Crippen LogP contribution in [-0.2, 0) is 12.7 Å². The van der Waals surface area contributed by atoms with Gasteiger partial charge in [-0.25, -0.2) is 13.6 Å². The van der Waals surface area contributed by atoms with E-state index < -0.39 is 58.7 Å². The van der Waals surface area contributed by atoms with Gasteiger partial charge in [0.1, 0.15) is 17.5 Å². The van der Waals surface area contributed by atoms with Crippen LogP contribution in [-0.4, -0.2) is 71.7 Å². The van der Waals surface area contributed by atoms with E-state index in [2.05, 4.69) is 10.3 Å². The predicted molar refractivity (Wildman–Crippen MR) is 140 cm³/mol. The van der Waals surface area contributed by atoms with Crippen molar-refractivity contribution < 1.29 is 35.1 Å². The summed E-state index contributed by atoms with van der Waals surface area (Å²) in [6.45, 7) is 1.46. The van der Waals surface area contributed by atoms with Crippen molar-refractivity contribution in [3.05, 3.63) is 58.0 Å². The monoisotopic (exact) mass is 609 g/mol. The van der Waals surface area contributed by atoms with E-state index in [9.17, 15) is 35.5 Å². The Kier molecular flexibility index (Phi) is 7.74. The number of aromatic nitrogens is 2. The first-order valence-corrected chi connectivity index (χ1v) is 14.3. The first-order chi connectivity index (χ1) is 19.1. The minimum atomic E-state index is -4.83. The topological polar surface area (TPSA) is 53.4 Å². The highest BCUT2D eigenvalue weighted by atomic mass is 32.2. The molecule has 1 aromatic heterocycles. The van der Waals surface area contributed by atoms with Crippen LogP contribution in [0.3, 0.4) is 0 Å². The predicted octanol–water partition coefficient (Wildman–Crippen LogP) is 4.79. The maximum Gasteiger partial charge on any atom is 0.416 e. The summed E-state index contributed by atoms with van der Waals surface area (Å²) in [6, 6.07) is 3.12. The Morgan fingerprint density at radius 1 is 1.10 bits per heavy atom. The van der Waals surface area contributed by atoms with E-state index in [0.29, 0.717) is 25.7 Å². The van der Waals surface area contributed by atoms with Gasteiger partial charge in [0, 0.05) is 65.3 Å². The average molecular weight is 610 g/mol. The highest BCUT2D eigenvalue weighted by Crippen LogP contribution is 2.53. The number of thiol groups is 1. The van der Waals surface area contributed by atoms with Crippen LogP contribution in [0, 0.1) is 11.6 Å². The number of halogens is 8. The third-order valence-corrected chi connectivity index (χ3v) is 10.1. The summed E-state index contributed by atoms with van der Waals surface area (Å²) < 4.78 is 113. The Bertz CT molecular complexity index is 1520. The summed E-state index contributed by atoms with van der Waals surface area (Å²) >= 11 is 0. The normalized spacial score (nSPS) is 22.8. The molecule has 1 fully saturated rings. The Hall–Kier alpha value is -2.91. The number of hydrogen-bond donors (Lipinski definition) is 2. The maximum atomic E-state index is 15.2. The van der Waals surface area contributed by atoms with Crippen molar-refractivity contribution in [1.29, 1.82) is 0 Å². The Labute approximate surface area is 232 Å². The first kappa shape index (κ1) is 29.6. The van der Waals surface area contributed by atoms with Crippen molar-refractivity contribution >= 4 is 27.6 Å². The molecule has 0 aliphatic carbocycles. The number of benzene rings is 2. The smallest absolute Gasteiger partial charge is 0.351 e. The van der Waals surface area contributed by atoms with Gasteiger partial charge in [-0.2, -0.15) is 42.2 Å². The standard InChI is InChI=1S/C26H27F8N5OS/c1-14-10-35-5-6-38(14)23-18-7-15(26(32,33)34)8-21-22(18)39(24(40)36-23)11-17(37(2)13-25(29,30)31)12-41(21)20-4-3-16(27)9-19(20)28/h3-4,7-9,14,17,35,41H,5-6,10-13H2,1-2H3/t14-,17-/m0/s1. The Morgan fingerprint density at radius 3 is 2.46 bits per heavy atom. The lowest BCUT2D eigenvalue weighted by molar-refractivity contribution is -0.147. The molecule has 0 spiro atoms. The molecule has 0 bridgehead atoms. The van der Waals surface area contributed by atoms with Crippen molar-refractivity contribution in [2.45, 2.75) is 47.7 Å². The lowest BCUT2D eigenvalue weighted by atomic mass is 10.1. The molecule has 2 aliphatic rings. The Morgan fingerprint density at radius 2 is 1.83 bits per heavy atom. The quantitative estimate of drug-likeness (QED) is 0.330. The van der Waals surface area contributed by atoms with Gasteiger partial charge in [0.2, 0.25) is 0 Å². The van der Waals surface area contributed by atoms with Gasteiger partial charge in [-0.15, -0.1) is 0 Å². The molecule has 2 aromatic carbocycles. The zero-order valence-electron chi connectivity index (χ0n) is 22.0. The molecule has 0 amide bonds. The second-order valence-corrected chi connectivity index (χ2v) is 12.5. The van der Waals surface area contributed by atoms with Gasteiger partial charge in [0.05, 0.1) is 17.6 Å². The van der Waals surface area contributed by atoms with E-state index in [0.717, 1.165) is 33.7 Å². The zero-order chi connectivity index (χ0) is 29.9. The number of nitrogens with one attached hydrogen (secondary N) is 1. The molecular weight excluding hydrogens is 582 g/mol. The minimum Gasteiger partial charge on any atom is -0.351 e. The summed E-state index contributed by atoms with van der Waals surface area (Å²) in [7, 11) is -0.940. The second kappa shape index (κ2) is 10.7. The number of anilines is 1. The van der Waals surface area contributed by atoms with E-state index in [1.54, 1.807) is 4.90 Å². The molecule has 3 aromatic rings. The Balaban J connectivity index is 1.84. The molecule has 15 heteroatoms. The van der Waals surface area contributed by atoms with Crippen molar-refractivity contribution in [2.75, 3.05) is 43.9 Å². The maximum absolute atomic E-state index is 15.2. The van der Waals surface area contributed by atoms with Crippen LogP contribution in [0.2, 0.25) is 0 Å². The van der Waals surface area contributed by atoms with E-state index in [1.807, 2.05) is 6.92 Å². The van der Waals surface area contributed by atoms with Crippen LogP contribution in [0.25, 0.3) is 10.9 Å². The van der Waals surface area contributed by atoms with E-state index >= 15 is 4.39 Å². The number of hydrogen-bond acceptors (Lipinski definition) is 5. The van der Waals surface area contributed by atoms with Gasteiger partial charge in [-0.05, 0) is 38.2 Å². The number of piperazine rings is 1. The molecule has 3 heterocycles. The van der Waals surface area contributed by atoms with Crippen molar-refractivity contribution in [1.82, 2.24) is 19.8 Å². The number of rotatable bonds is 4. The molecule has 3 atom stereocenters. The molecule has 6 nitrogen and oxygen atoms in total. The molecule has 1 unspecified atom stereocenters. The van der Waals surface area contributed by atoms with Gasteiger partial charge >= 0.3 is 18.0 Å². The summed E-state index contributed by atoms with van der Waals surface area (Å²) in [5.41, 5.74) is -1.83. The molecular formula is C26H27F8N5OS. The minimum absolute atomic E-state index is 0.00248. The van der Waals surface area contributed by atoms with Crippen LogP contribution in [0.1, 0.15) is 12.5 Å². The van der Waals surface area contributed by atoms with Gasteiger partial charge in [0.25, 0.3) is 0 Å². The number of alkyl halides is 6. The van der Waals surface area contributed by atoms with Crippen molar-refractivity contribution in [3.63, 3.8) is 0 Å². The summed E-state index contributed by atoms with van der Waals surface area (Å²) in [6.07, 6.45) is -9.44. The van der Waals surface area contributed by atoms with Crippen LogP contribution >= 0.6 is 10.9 Å².